The maximum atomic E-state index is 5.93. The average molecular weight is 257 g/mol. The Bertz CT molecular complexity index is 567. The van der Waals surface area contributed by atoms with Gasteiger partial charge in [0, 0.05) is 5.02 Å². The van der Waals surface area contributed by atoms with E-state index in [-0.39, 0.29) is 0 Å². The summed E-state index contributed by atoms with van der Waals surface area (Å²) in [5, 5.41) is 0.813. The van der Waals surface area contributed by atoms with Crippen molar-refractivity contribution < 1.29 is 0 Å². The summed E-state index contributed by atoms with van der Waals surface area (Å²) in [5.41, 5.74) is 7.50. The molecule has 3 rings (SSSR count). The molecule has 0 saturated carbocycles. The summed E-state index contributed by atoms with van der Waals surface area (Å²) < 4.78 is 0. The summed E-state index contributed by atoms with van der Waals surface area (Å²) >= 11 is 5.93. The molecule has 0 N–H and O–H groups in total. The van der Waals surface area contributed by atoms with Crippen molar-refractivity contribution in [2.75, 3.05) is 0 Å². The molecule has 0 aliphatic heterocycles. The van der Waals surface area contributed by atoms with Gasteiger partial charge in [-0.25, -0.2) is 0 Å². The van der Waals surface area contributed by atoms with Crippen LogP contribution >= 0.6 is 11.6 Å². The van der Waals surface area contributed by atoms with Crippen LogP contribution in [0.5, 0.6) is 0 Å². The van der Waals surface area contributed by atoms with Gasteiger partial charge in [0.1, 0.15) is 0 Å². The minimum Gasteiger partial charge on any atom is -0.0843 e. The fraction of sp³-hybridized carbons (Fsp3) is 0.294. The lowest BCUT2D eigenvalue weighted by Gasteiger charge is -2.11. The molecule has 0 radical (unpaired) electrons. The van der Waals surface area contributed by atoms with E-state index in [4.69, 9.17) is 11.6 Å². The average Bonchev–Trinajstić information content (AvgIpc) is 2.86. The molecule has 0 saturated heterocycles. The van der Waals surface area contributed by atoms with Crippen LogP contribution < -0.4 is 0 Å². The molecule has 2 aromatic carbocycles. The molecule has 0 amide bonds. The van der Waals surface area contributed by atoms with Crippen molar-refractivity contribution in [1.82, 2.24) is 0 Å². The van der Waals surface area contributed by atoms with Gasteiger partial charge in [-0.05, 0) is 72.6 Å². The van der Waals surface area contributed by atoms with Crippen LogP contribution in [0.15, 0.2) is 36.4 Å². The van der Waals surface area contributed by atoms with Crippen LogP contribution in [-0.2, 0) is 19.3 Å². The molecule has 18 heavy (non-hydrogen) atoms. The second-order valence-corrected chi connectivity index (χ2v) is 5.59. The first-order valence-corrected chi connectivity index (χ1v) is 6.96. The van der Waals surface area contributed by atoms with E-state index in [1.807, 2.05) is 12.1 Å². The van der Waals surface area contributed by atoms with Crippen molar-refractivity contribution >= 4 is 11.6 Å². The van der Waals surface area contributed by atoms with Crippen LogP contribution in [0.3, 0.4) is 0 Å². The molecule has 0 fully saturated rings. The van der Waals surface area contributed by atoms with Gasteiger partial charge in [-0.3, -0.25) is 0 Å². The smallest absolute Gasteiger partial charge is 0.0406 e. The maximum Gasteiger partial charge on any atom is 0.0406 e. The molecule has 0 bridgehead atoms. The Morgan fingerprint density at radius 2 is 1.67 bits per heavy atom. The number of halogens is 1. The zero-order valence-electron chi connectivity index (χ0n) is 10.7. The number of rotatable bonds is 2. The van der Waals surface area contributed by atoms with Gasteiger partial charge >= 0.3 is 0 Å². The summed E-state index contributed by atoms with van der Waals surface area (Å²) in [5.74, 6) is 0. The molecule has 0 atom stereocenters. The highest BCUT2D eigenvalue weighted by atomic mass is 35.5. The fourth-order valence-corrected chi connectivity index (χ4v) is 3.07. The van der Waals surface area contributed by atoms with Crippen molar-refractivity contribution in [3.8, 4) is 0 Å². The van der Waals surface area contributed by atoms with Crippen LogP contribution in [0.1, 0.15) is 34.2 Å². The highest BCUT2D eigenvalue weighted by Gasteiger charge is 2.16. The van der Waals surface area contributed by atoms with E-state index in [2.05, 4.69) is 31.2 Å². The first-order valence-electron chi connectivity index (χ1n) is 6.59. The molecule has 1 aliphatic rings. The lowest BCUT2D eigenvalue weighted by Crippen LogP contribution is -1.97. The molecule has 0 aromatic heterocycles. The normalized spacial score (nSPS) is 13.7. The van der Waals surface area contributed by atoms with Crippen LogP contribution in [0, 0.1) is 6.92 Å². The maximum absolute atomic E-state index is 5.93. The highest BCUT2D eigenvalue weighted by molar-refractivity contribution is 6.30. The van der Waals surface area contributed by atoms with E-state index < -0.39 is 0 Å². The Hall–Kier alpha value is -1.27. The third-order valence-corrected chi connectivity index (χ3v) is 4.18. The second-order valence-electron chi connectivity index (χ2n) is 5.16. The molecule has 0 nitrogen and oxygen atoms in total. The molecular weight excluding hydrogens is 240 g/mol. The monoisotopic (exact) mass is 256 g/mol. The third-order valence-electron chi connectivity index (χ3n) is 3.92. The molecule has 2 aromatic rings. The SMILES string of the molecule is Cc1ccc(Cc2ccc(Cl)cc2)c2c1CCC2. The van der Waals surface area contributed by atoms with E-state index >= 15 is 0 Å². The predicted molar refractivity (Wildman–Crippen MR) is 77.5 cm³/mol. The van der Waals surface area contributed by atoms with Gasteiger partial charge in [-0.1, -0.05) is 35.9 Å². The Labute approximate surface area is 114 Å². The van der Waals surface area contributed by atoms with Gasteiger partial charge in [-0.15, -0.1) is 0 Å². The molecule has 0 unspecified atom stereocenters. The largest absolute Gasteiger partial charge is 0.0843 e. The van der Waals surface area contributed by atoms with Crippen molar-refractivity contribution in [2.45, 2.75) is 32.6 Å². The van der Waals surface area contributed by atoms with Crippen molar-refractivity contribution in [3.63, 3.8) is 0 Å². The van der Waals surface area contributed by atoms with Gasteiger partial charge < -0.3 is 0 Å². The molecular formula is C17H17Cl. The number of hydrogen-bond acceptors (Lipinski definition) is 0. The molecule has 0 spiro atoms. The second kappa shape index (κ2) is 4.78. The van der Waals surface area contributed by atoms with E-state index in [1.165, 1.54) is 36.0 Å². The minimum absolute atomic E-state index is 0.813. The summed E-state index contributed by atoms with van der Waals surface area (Å²) in [7, 11) is 0. The lowest BCUT2D eigenvalue weighted by atomic mass is 9.94. The van der Waals surface area contributed by atoms with Crippen molar-refractivity contribution in [3.05, 3.63) is 69.2 Å². The molecule has 1 heteroatoms. The zero-order valence-corrected chi connectivity index (χ0v) is 11.4. The summed E-state index contributed by atoms with van der Waals surface area (Å²) in [4.78, 5) is 0. The fourth-order valence-electron chi connectivity index (χ4n) is 2.95. The molecule has 1 aliphatic carbocycles. The highest BCUT2D eigenvalue weighted by Crippen LogP contribution is 2.29. The van der Waals surface area contributed by atoms with Crippen LogP contribution in [0.4, 0.5) is 0 Å². The molecule has 0 heterocycles. The first kappa shape index (κ1) is 11.8. The van der Waals surface area contributed by atoms with Crippen LogP contribution in [0.2, 0.25) is 5.02 Å². The zero-order chi connectivity index (χ0) is 12.5. The standard InChI is InChI=1S/C17H17Cl/c1-12-5-8-14(17-4-2-3-16(12)17)11-13-6-9-15(18)10-7-13/h5-10H,2-4,11H2,1H3. The van der Waals surface area contributed by atoms with E-state index in [0.717, 1.165) is 11.4 Å². The summed E-state index contributed by atoms with van der Waals surface area (Å²) in [6.45, 7) is 2.23. The first-order chi connectivity index (χ1) is 8.74. The van der Waals surface area contributed by atoms with Crippen molar-refractivity contribution in [2.24, 2.45) is 0 Å². The topological polar surface area (TPSA) is 0 Å². The third kappa shape index (κ3) is 2.18. The van der Waals surface area contributed by atoms with Crippen LogP contribution in [-0.4, -0.2) is 0 Å². The Kier molecular flexibility index (Phi) is 3.13. The van der Waals surface area contributed by atoms with Gasteiger partial charge in [0.2, 0.25) is 0 Å². The summed E-state index contributed by atoms with van der Waals surface area (Å²) in [6, 6.07) is 12.8. The van der Waals surface area contributed by atoms with E-state index in [9.17, 15) is 0 Å². The van der Waals surface area contributed by atoms with Crippen LogP contribution in [0.25, 0.3) is 0 Å². The predicted octanol–water partition coefficient (Wildman–Crippen LogP) is 4.73. The van der Waals surface area contributed by atoms with Gasteiger partial charge in [-0.2, -0.15) is 0 Å². The number of fused-ring (bicyclic) bond motifs is 1. The Morgan fingerprint density at radius 3 is 2.44 bits per heavy atom. The molecule has 92 valence electrons. The number of hydrogen-bond donors (Lipinski definition) is 0. The van der Waals surface area contributed by atoms with E-state index in [0.29, 0.717) is 0 Å². The van der Waals surface area contributed by atoms with E-state index in [1.54, 1.807) is 11.1 Å². The van der Waals surface area contributed by atoms with Gasteiger partial charge in [0.25, 0.3) is 0 Å². The van der Waals surface area contributed by atoms with Gasteiger partial charge in [0.05, 0.1) is 0 Å². The summed E-state index contributed by atoms with van der Waals surface area (Å²) in [6.07, 6.45) is 4.85. The number of benzene rings is 2. The minimum atomic E-state index is 0.813. The lowest BCUT2D eigenvalue weighted by molar-refractivity contribution is 0.905. The Balaban J connectivity index is 1.94. The Morgan fingerprint density at radius 1 is 0.944 bits per heavy atom. The van der Waals surface area contributed by atoms with Crippen molar-refractivity contribution in [1.29, 1.82) is 0 Å². The number of aryl methyl sites for hydroxylation is 1. The van der Waals surface area contributed by atoms with Gasteiger partial charge in [0.15, 0.2) is 0 Å². The quantitative estimate of drug-likeness (QED) is 0.729.